The number of fused-ring (bicyclic) bond motifs is 1. The van der Waals surface area contributed by atoms with Crippen molar-refractivity contribution in [2.24, 2.45) is 0 Å². The van der Waals surface area contributed by atoms with Crippen LogP contribution < -0.4 is 19.1 Å². The number of amides is 2. The van der Waals surface area contributed by atoms with Gasteiger partial charge in [0.15, 0.2) is 11.5 Å². The molecule has 40 heavy (non-hydrogen) atoms. The van der Waals surface area contributed by atoms with Crippen molar-refractivity contribution in [1.29, 1.82) is 0 Å². The van der Waals surface area contributed by atoms with Crippen LogP contribution in [0.4, 0.5) is 10.1 Å². The van der Waals surface area contributed by atoms with E-state index in [4.69, 9.17) is 9.47 Å². The second-order valence-corrected chi connectivity index (χ2v) is 11.0. The standard InChI is InChI=1S/C29H32FN3O6S/c1-3-25(29(35)31-4-2)32(19-21-10-12-22(30)13-11-21)28(34)20-33(40(36,37)24-8-6-5-7-9-24)23-14-15-26-27(18-23)39-17-16-38-26/h5-15,18,25H,3-4,16-17,19-20H2,1-2H3,(H,31,35)/t25-/m1/s1. The molecule has 0 radical (unpaired) electrons. The van der Waals surface area contributed by atoms with E-state index in [1.54, 1.807) is 44.2 Å². The first-order valence-electron chi connectivity index (χ1n) is 13.0. The van der Waals surface area contributed by atoms with Crippen LogP contribution in [-0.4, -0.2) is 57.5 Å². The number of carbonyl (C=O) groups is 2. The average molecular weight is 570 g/mol. The van der Waals surface area contributed by atoms with Crippen molar-refractivity contribution < 1.29 is 31.9 Å². The van der Waals surface area contributed by atoms with E-state index in [1.165, 1.54) is 47.4 Å². The van der Waals surface area contributed by atoms with E-state index in [-0.39, 0.29) is 29.5 Å². The minimum Gasteiger partial charge on any atom is -0.486 e. The summed E-state index contributed by atoms with van der Waals surface area (Å²) in [5, 5.41) is 2.75. The quantitative estimate of drug-likeness (QED) is 0.377. The zero-order valence-electron chi connectivity index (χ0n) is 22.4. The summed E-state index contributed by atoms with van der Waals surface area (Å²) < 4.78 is 53.6. The molecule has 9 nitrogen and oxygen atoms in total. The van der Waals surface area contributed by atoms with Gasteiger partial charge < -0.3 is 19.7 Å². The summed E-state index contributed by atoms with van der Waals surface area (Å²) >= 11 is 0. The second-order valence-electron chi connectivity index (χ2n) is 9.12. The summed E-state index contributed by atoms with van der Waals surface area (Å²) in [7, 11) is -4.21. The summed E-state index contributed by atoms with van der Waals surface area (Å²) in [5.74, 6) is -0.565. The molecule has 1 heterocycles. The van der Waals surface area contributed by atoms with Gasteiger partial charge in [0.1, 0.15) is 31.6 Å². The van der Waals surface area contributed by atoms with Crippen molar-refractivity contribution in [1.82, 2.24) is 10.2 Å². The third-order valence-corrected chi connectivity index (χ3v) is 8.21. The molecule has 0 aromatic heterocycles. The van der Waals surface area contributed by atoms with E-state index in [9.17, 15) is 22.4 Å². The number of sulfonamides is 1. The number of rotatable bonds is 11. The molecule has 0 unspecified atom stereocenters. The van der Waals surface area contributed by atoms with Gasteiger partial charge in [-0.3, -0.25) is 13.9 Å². The zero-order valence-corrected chi connectivity index (χ0v) is 23.2. The Bertz CT molecular complexity index is 1430. The van der Waals surface area contributed by atoms with Crippen LogP contribution in [0.15, 0.2) is 77.7 Å². The first-order chi connectivity index (χ1) is 19.2. The summed E-state index contributed by atoms with van der Waals surface area (Å²) in [6.07, 6.45) is 0.286. The van der Waals surface area contributed by atoms with Gasteiger partial charge in [0.2, 0.25) is 11.8 Å². The SMILES string of the molecule is CCNC(=O)[C@@H](CC)N(Cc1ccc(F)cc1)C(=O)CN(c1ccc2c(c1)OCCO2)S(=O)(=O)c1ccccc1. The molecule has 2 amide bonds. The number of likely N-dealkylation sites (N-methyl/N-ethyl adjacent to an activating group) is 1. The van der Waals surface area contributed by atoms with Crippen LogP contribution in [0.2, 0.25) is 0 Å². The molecular formula is C29H32FN3O6S. The van der Waals surface area contributed by atoms with Gasteiger partial charge in [-0.05, 0) is 55.3 Å². The first kappa shape index (κ1) is 28.9. The van der Waals surface area contributed by atoms with Crippen LogP contribution in [0.5, 0.6) is 11.5 Å². The van der Waals surface area contributed by atoms with Crippen molar-refractivity contribution >= 4 is 27.5 Å². The molecular weight excluding hydrogens is 537 g/mol. The minimum absolute atomic E-state index is 0.00135. The average Bonchev–Trinajstić information content (AvgIpc) is 2.97. The predicted octanol–water partition coefficient (Wildman–Crippen LogP) is 3.74. The molecule has 11 heteroatoms. The van der Waals surface area contributed by atoms with E-state index < -0.39 is 34.3 Å². The fourth-order valence-corrected chi connectivity index (χ4v) is 5.86. The minimum atomic E-state index is -4.21. The molecule has 3 aromatic rings. The largest absolute Gasteiger partial charge is 0.486 e. The van der Waals surface area contributed by atoms with Crippen LogP contribution in [0.1, 0.15) is 25.8 Å². The number of halogens is 1. The number of anilines is 1. The van der Waals surface area contributed by atoms with Crippen molar-refractivity contribution in [3.63, 3.8) is 0 Å². The van der Waals surface area contributed by atoms with Crippen LogP contribution in [0.3, 0.4) is 0 Å². The Hall–Kier alpha value is -4.12. The highest BCUT2D eigenvalue weighted by molar-refractivity contribution is 7.92. The number of hydrogen-bond donors (Lipinski definition) is 1. The van der Waals surface area contributed by atoms with Gasteiger partial charge in [0.25, 0.3) is 10.0 Å². The Morgan fingerprint density at radius 3 is 2.27 bits per heavy atom. The van der Waals surface area contributed by atoms with E-state index in [2.05, 4.69) is 5.32 Å². The molecule has 1 N–H and O–H groups in total. The Labute approximate surface area is 233 Å². The van der Waals surface area contributed by atoms with Crippen LogP contribution >= 0.6 is 0 Å². The smallest absolute Gasteiger partial charge is 0.264 e. The summed E-state index contributed by atoms with van der Waals surface area (Å²) in [6, 6.07) is 17.2. The molecule has 0 saturated heterocycles. The highest BCUT2D eigenvalue weighted by Crippen LogP contribution is 2.36. The lowest BCUT2D eigenvalue weighted by Crippen LogP contribution is -2.52. The fourth-order valence-electron chi connectivity index (χ4n) is 4.43. The lowest BCUT2D eigenvalue weighted by atomic mass is 10.1. The molecule has 0 fully saturated rings. The maximum atomic E-state index is 14.0. The van der Waals surface area contributed by atoms with Crippen molar-refractivity contribution in [2.45, 2.75) is 37.8 Å². The van der Waals surface area contributed by atoms with Gasteiger partial charge in [-0.15, -0.1) is 0 Å². The fraction of sp³-hybridized carbons (Fsp3) is 0.310. The Kier molecular flexibility index (Phi) is 9.26. The Morgan fingerprint density at radius 2 is 1.62 bits per heavy atom. The molecule has 1 atom stereocenters. The van der Waals surface area contributed by atoms with Gasteiger partial charge in [0.05, 0.1) is 10.6 Å². The summed E-state index contributed by atoms with van der Waals surface area (Å²) in [5.41, 5.74) is 0.795. The van der Waals surface area contributed by atoms with Crippen molar-refractivity contribution in [3.8, 4) is 11.5 Å². The van der Waals surface area contributed by atoms with Gasteiger partial charge in [-0.25, -0.2) is 12.8 Å². The molecule has 0 bridgehead atoms. The molecule has 1 aliphatic heterocycles. The molecule has 1 aliphatic rings. The van der Waals surface area contributed by atoms with Crippen LogP contribution in [0, 0.1) is 5.82 Å². The first-order valence-corrected chi connectivity index (χ1v) is 14.5. The molecule has 0 aliphatic carbocycles. The zero-order chi connectivity index (χ0) is 28.7. The number of nitrogens with one attached hydrogen (secondary N) is 1. The van der Waals surface area contributed by atoms with E-state index in [0.29, 0.717) is 36.8 Å². The van der Waals surface area contributed by atoms with Gasteiger partial charge >= 0.3 is 0 Å². The van der Waals surface area contributed by atoms with E-state index >= 15 is 0 Å². The summed E-state index contributed by atoms with van der Waals surface area (Å²) in [4.78, 5) is 28.3. The highest BCUT2D eigenvalue weighted by atomic mass is 32.2. The van der Waals surface area contributed by atoms with Crippen molar-refractivity contribution in [2.75, 3.05) is 30.6 Å². The lowest BCUT2D eigenvalue weighted by molar-refractivity contribution is -0.140. The number of carbonyl (C=O) groups excluding carboxylic acids is 2. The monoisotopic (exact) mass is 569 g/mol. The van der Waals surface area contributed by atoms with E-state index in [0.717, 1.165) is 4.31 Å². The second kappa shape index (κ2) is 12.8. The predicted molar refractivity (Wildman–Crippen MR) is 148 cm³/mol. The molecule has 212 valence electrons. The summed E-state index contributed by atoms with van der Waals surface area (Å²) in [6.45, 7) is 3.96. The molecule has 0 saturated carbocycles. The number of hydrogen-bond acceptors (Lipinski definition) is 6. The highest BCUT2D eigenvalue weighted by Gasteiger charge is 2.34. The van der Waals surface area contributed by atoms with Crippen molar-refractivity contribution in [3.05, 3.63) is 84.2 Å². The number of benzene rings is 3. The Balaban J connectivity index is 1.75. The molecule has 4 rings (SSSR count). The van der Waals surface area contributed by atoms with Gasteiger partial charge in [-0.1, -0.05) is 37.3 Å². The van der Waals surface area contributed by atoms with Crippen LogP contribution in [-0.2, 0) is 26.2 Å². The lowest BCUT2D eigenvalue weighted by Gasteiger charge is -2.33. The maximum absolute atomic E-state index is 14.0. The van der Waals surface area contributed by atoms with E-state index in [1.807, 2.05) is 0 Å². The molecule has 3 aromatic carbocycles. The topological polar surface area (TPSA) is 105 Å². The van der Waals surface area contributed by atoms with Crippen LogP contribution in [0.25, 0.3) is 0 Å². The third-order valence-electron chi connectivity index (χ3n) is 6.43. The number of ether oxygens (including phenoxy) is 2. The Morgan fingerprint density at radius 1 is 0.950 bits per heavy atom. The number of nitrogens with zero attached hydrogens (tertiary/aromatic N) is 2. The molecule has 0 spiro atoms. The third kappa shape index (κ3) is 6.53. The van der Waals surface area contributed by atoms with Gasteiger partial charge in [-0.2, -0.15) is 0 Å². The maximum Gasteiger partial charge on any atom is 0.264 e. The van der Waals surface area contributed by atoms with Gasteiger partial charge in [0, 0.05) is 19.2 Å². The normalized spacial score (nSPS) is 13.3.